The van der Waals surface area contributed by atoms with Gasteiger partial charge < -0.3 is 5.32 Å². The molecule has 3 aromatic heterocycles. The molecule has 32 heavy (non-hydrogen) atoms. The molecule has 0 spiro atoms. The van der Waals surface area contributed by atoms with Crippen LogP contribution in [0.2, 0.25) is 0 Å². The van der Waals surface area contributed by atoms with E-state index in [9.17, 15) is 0 Å². The van der Waals surface area contributed by atoms with Gasteiger partial charge in [0.2, 0.25) is 0 Å². The van der Waals surface area contributed by atoms with Crippen LogP contribution in [0.4, 0.5) is 0 Å². The van der Waals surface area contributed by atoms with Gasteiger partial charge in [-0.25, -0.2) is 4.98 Å². The lowest BCUT2D eigenvalue weighted by molar-refractivity contribution is 0.412. The van der Waals surface area contributed by atoms with Gasteiger partial charge >= 0.3 is 0 Å². The quantitative estimate of drug-likeness (QED) is 0.372. The summed E-state index contributed by atoms with van der Waals surface area (Å²) in [6, 6.07) is 24.3. The largest absolute Gasteiger partial charge is 0.310 e. The van der Waals surface area contributed by atoms with Gasteiger partial charge in [0.1, 0.15) is 5.65 Å². The molecule has 0 saturated carbocycles. The molecule has 0 bridgehead atoms. The minimum absolute atomic E-state index is 0.494. The highest BCUT2D eigenvalue weighted by atomic mass is 15.0. The number of nitrogens with zero attached hydrogens (tertiary/aromatic N) is 3. The van der Waals surface area contributed by atoms with E-state index in [2.05, 4.69) is 81.6 Å². The van der Waals surface area contributed by atoms with Gasteiger partial charge in [0.25, 0.3) is 0 Å². The van der Waals surface area contributed by atoms with Gasteiger partial charge in [-0.05, 0) is 67.3 Å². The number of rotatable bonds is 3. The van der Waals surface area contributed by atoms with Crippen LogP contribution in [-0.4, -0.2) is 20.9 Å². The van der Waals surface area contributed by atoms with Crippen LogP contribution in [0.1, 0.15) is 36.6 Å². The van der Waals surface area contributed by atoms with Crippen LogP contribution in [0.3, 0.4) is 0 Å². The van der Waals surface area contributed by atoms with Crippen molar-refractivity contribution >= 4 is 16.6 Å². The fraction of sp³-hybridized carbons (Fsp3) is 0.214. The van der Waals surface area contributed by atoms with Gasteiger partial charge in [-0.3, -0.25) is 9.38 Å². The minimum atomic E-state index is 0.494. The zero-order valence-electron chi connectivity index (χ0n) is 18.3. The Kier molecular flexibility index (Phi) is 4.73. The molecule has 4 nitrogen and oxygen atoms in total. The van der Waals surface area contributed by atoms with Gasteiger partial charge in [0, 0.05) is 28.9 Å². The third kappa shape index (κ3) is 3.37. The zero-order chi connectivity index (χ0) is 21.5. The van der Waals surface area contributed by atoms with Crippen molar-refractivity contribution in [3.05, 3.63) is 90.4 Å². The van der Waals surface area contributed by atoms with Crippen LogP contribution in [0.5, 0.6) is 0 Å². The number of aromatic nitrogens is 3. The smallest absolute Gasteiger partial charge is 0.137 e. The van der Waals surface area contributed by atoms with Gasteiger partial charge in [-0.15, -0.1) is 0 Å². The fourth-order valence-electron chi connectivity index (χ4n) is 4.92. The average molecular weight is 419 g/mol. The van der Waals surface area contributed by atoms with Crippen LogP contribution in [-0.2, 0) is 0 Å². The predicted octanol–water partition coefficient (Wildman–Crippen LogP) is 6.34. The summed E-state index contributed by atoms with van der Waals surface area (Å²) in [7, 11) is 0. The first kappa shape index (κ1) is 19.2. The lowest BCUT2D eigenvalue weighted by atomic mass is 9.95. The molecule has 1 aliphatic heterocycles. The van der Waals surface area contributed by atoms with Gasteiger partial charge in [0.15, 0.2) is 0 Å². The number of hydrogen-bond acceptors (Lipinski definition) is 3. The van der Waals surface area contributed by atoms with Crippen LogP contribution in [0.15, 0.2) is 79.1 Å². The van der Waals surface area contributed by atoms with Crippen molar-refractivity contribution in [3.8, 4) is 22.4 Å². The molecule has 1 saturated heterocycles. The normalized spacial score (nSPS) is 16.6. The maximum absolute atomic E-state index is 4.74. The van der Waals surface area contributed by atoms with Crippen LogP contribution < -0.4 is 5.32 Å². The van der Waals surface area contributed by atoms with E-state index in [-0.39, 0.29) is 0 Å². The maximum Gasteiger partial charge on any atom is 0.137 e. The Morgan fingerprint density at radius 1 is 0.938 bits per heavy atom. The Bertz CT molecular complexity index is 1410. The first-order chi connectivity index (χ1) is 15.8. The molecule has 1 unspecified atom stereocenters. The first-order valence-electron chi connectivity index (χ1n) is 11.4. The third-order valence-electron chi connectivity index (χ3n) is 6.59. The molecule has 1 fully saturated rings. The number of aryl methyl sites for hydroxylation is 1. The lowest BCUT2D eigenvalue weighted by Gasteiger charge is -2.24. The molecule has 158 valence electrons. The van der Waals surface area contributed by atoms with E-state index in [0.29, 0.717) is 6.04 Å². The minimum Gasteiger partial charge on any atom is -0.310 e. The molecule has 6 rings (SSSR count). The number of piperidine rings is 1. The van der Waals surface area contributed by atoms with Crippen molar-refractivity contribution in [2.75, 3.05) is 6.54 Å². The van der Waals surface area contributed by atoms with Crippen molar-refractivity contribution in [3.63, 3.8) is 0 Å². The third-order valence-corrected chi connectivity index (χ3v) is 6.59. The summed E-state index contributed by atoms with van der Waals surface area (Å²) >= 11 is 0. The molecule has 0 radical (unpaired) electrons. The number of fused-ring (bicyclic) bond motifs is 2. The summed E-state index contributed by atoms with van der Waals surface area (Å²) in [4.78, 5) is 9.43. The van der Waals surface area contributed by atoms with E-state index < -0.39 is 0 Å². The van der Waals surface area contributed by atoms with E-state index in [1.165, 1.54) is 36.0 Å². The summed E-state index contributed by atoms with van der Waals surface area (Å²) in [5, 5.41) is 4.78. The molecule has 4 heterocycles. The summed E-state index contributed by atoms with van der Waals surface area (Å²) in [5.41, 5.74) is 9.03. The highest BCUT2D eigenvalue weighted by molar-refractivity contribution is 5.94. The van der Waals surface area contributed by atoms with Gasteiger partial charge in [0.05, 0.1) is 17.4 Å². The Hall–Kier alpha value is -3.50. The topological polar surface area (TPSA) is 42.2 Å². The van der Waals surface area contributed by atoms with Crippen LogP contribution in [0, 0.1) is 6.92 Å². The molecular weight excluding hydrogens is 392 g/mol. The van der Waals surface area contributed by atoms with E-state index in [1.807, 2.05) is 19.2 Å². The summed E-state index contributed by atoms with van der Waals surface area (Å²) in [6.07, 6.45) is 7.93. The molecule has 5 aromatic rings. The number of imidazole rings is 1. The molecule has 1 atom stereocenters. The van der Waals surface area contributed by atoms with E-state index >= 15 is 0 Å². The van der Waals surface area contributed by atoms with Gasteiger partial charge in [-0.2, -0.15) is 0 Å². The van der Waals surface area contributed by atoms with Crippen molar-refractivity contribution in [1.82, 2.24) is 19.7 Å². The van der Waals surface area contributed by atoms with E-state index in [4.69, 9.17) is 4.98 Å². The number of hydrogen-bond donors (Lipinski definition) is 1. The second-order valence-electron chi connectivity index (χ2n) is 8.74. The van der Waals surface area contributed by atoms with E-state index in [0.717, 1.165) is 40.0 Å². The Morgan fingerprint density at radius 2 is 1.81 bits per heavy atom. The summed E-state index contributed by atoms with van der Waals surface area (Å²) < 4.78 is 2.17. The lowest BCUT2D eigenvalue weighted by Crippen LogP contribution is -2.26. The predicted molar refractivity (Wildman–Crippen MR) is 131 cm³/mol. The molecule has 4 heteroatoms. The summed E-state index contributed by atoms with van der Waals surface area (Å²) in [6.45, 7) is 3.17. The highest BCUT2D eigenvalue weighted by Gasteiger charge is 2.15. The number of nitrogens with one attached hydrogen (secondary N) is 1. The zero-order valence-corrected chi connectivity index (χ0v) is 18.3. The monoisotopic (exact) mass is 418 g/mol. The van der Waals surface area contributed by atoms with E-state index in [1.54, 1.807) is 0 Å². The van der Waals surface area contributed by atoms with Crippen molar-refractivity contribution in [2.45, 2.75) is 32.2 Å². The van der Waals surface area contributed by atoms with Gasteiger partial charge in [-0.1, -0.05) is 48.9 Å². The fourth-order valence-corrected chi connectivity index (χ4v) is 4.92. The maximum atomic E-state index is 4.74. The molecule has 0 aliphatic carbocycles. The first-order valence-corrected chi connectivity index (χ1v) is 11.4. The second kappa shape index (κ2) is 7.88. The number of para-hydroxylation sites is 1. The Labute approximate surface area is 188 Å². The molecule has 0 amide bonds. The highest BCUT2D eigenvalue weighted by Crippen LogP contribution is 2.31. The molecule has 1 N–H and O–H groups in total. The Morgan fingerprint density at radius 3 is 2.66 bits per heavy atom. The molecule has 1 aliphatic rings. The van der Waals surface area contributed by atoms with Crippen molar-refractivity contribution in [2.24, 2.45) is 0 Å². The summed E-state index contributed by atoms with van der Waals surface area (Å²) in [5.74, 6) is 0. The number of benzene rings is 2. The molecular formula is C28H26N4. The van der Waals surface area contributed by atoms with Crippen molar-refractivity contribution < 1.29 is 0 Å². The number of pyridine rings is 2. The SMILES string of the molecule is Cc1cc(-c2cnc3cc(-c4ccc(C5CCCCN5)cc4)ccn23)c2ccccc2n1. The van der Waals surface area contributed by atoms with Crippen LogP contribution in [0.25, 0.3) is 38.9 Å². The standard InChI is InChI=1S/C28H26N4/c1-19-16-24(23-6-2-3-8-26(23)31-19)27-18-30-28-17-22(13-15-32(27)28)20-9-11-21(12-10-20)25-7-4-5-14-29-25/h2-3,6,8-13,15-18,25,29H,4-5,7,14H2,1H3. The van der Waals surface area contributed by atoms with Crippen molar-refractivity contribution in [1.29, 1.82) is 0 Å². The Balaban J connectivity index is 1.37. The molecule has 2 aromatic carbocycles. The van der Waals surface area contributed by atoms with Crippen LogP contribution >= 0.6 is 0 Å². The average Bonchev–Trinajstić information content (AvgIpc) is 3.27. The second-order valence-corrected chi connectivity index (χ2v) is 8.74.